The van der Waals surface area contributed by atoms with E-state index in [1.807, 2.05) is 30.5 Å². The predicted molar refractivity (Wildman–Crippen MR) is 93.6 cm³/mol. The van der Waals surface area contributed by atoms with Crippen molar-refractivity contribution in [3.63, 3.8) is 0 Å². The molecule has 24 heavy (non-hydrogen) atoms. The number of hydrogen-bond donors (Lipinski definition) is 0. The topological polar surface area (TPSA) is 66.6 Å². The van der Waals surface area contributed by atoms with Gasteiger partial charge in [-0.25, -0.2) is 9.97 Å². The van der Waals surface area contributed by atoms with E-state index in [9.17, 15) is 4.79 Å². The first kappa shape index (κ1) is 14.9. The number of Topliss-reactive ketones (excluding diaryl/α,β-unsaturated/α-hetero) is 1. The third kappa shape index (κ3) is 2.27. The lowest BCUT2D eigenvalue weighted by molar-refractivity contribution is 0.0993. The van der Waals surface area contributed by atoms with Crippen molar-refractivity contribution in [1.82, 2.24) is 9.97 Å². The summed E-state index contributed by atoms with van der Waals surface area (Å²) < 4.78 is 0. The van der Waals surface area contributed by atoms with Crippen LogP contribution in [0.1, 0.15) is 39.2 Å². The maximum Gasteiger partial charge on any atom is 0.187 e. The number of nitriles is 1. The van der Waals surface area contributed by atoms with Gasteiger partial charge in [-0.3, -0.25) is 4.79 Å². The standard InChI is InChI=1S/C19H13N3OS/c1-24-19-21-10-16-17(23)7-6-15(18(16)22-19)14-5-3-12-8-11(9-20)2-4-13(12)14/h2,4-6,8,10H,3,7H2,1H3. The van der Waals surface area contributed by atoms with Crippen LogP contribution in [0, 0.1) is 11.3 Å². The lowest BCUT2D eigenvalue weighted by Gasteiger charge is -2.18. The first-order chi connectivity index (χ1) is 11.7. The lowest BCUT2D eigenvalue weighted by atomic mass is 9.88. The molecule has 0 spiro atoms. The normalized spacial score (nSPS) is 15.2. The highest BCUT2D eigenvalue weighted by Gasteiger charge is 2.27. The van der Waals surface area contributed by atoms with Gasteiger partial charge in [-0.1, -0.05) is 30.0 Å². The molecule has 0 saturated heterocycles. The van der Waals surface area contributed by atoms with Crippen molar-refractivity contribution < 1.29 is 4.79 Å². The molecule has 0 atom stereocenters. The van der Waals surface area contributed by atoms with Crippen LogP contribution in [0.5, 0.6) is 0 Å². The van der Waals surface area contributed by atoms with E-state index in [1.165, 1.54) is 11.8 Å². The summed E-state index contributed by atoms with van der Waals surface area (Å²) in [5.74, 6) is 0.0556. The highest BCUT2D eigenvalue weighted by atomic mass is 32.2. The Morgan fingerprint density at radius 2 is 2.00 bits per heavy atom. The molecule has 1 aromatic carbocycles. The summed E-state index contributed by atoms with van der Waals surface area (Å²) in [5.41, 5.74) is 6.32. The van der Waals surface area contributed by atoms with Crippen LogP contribution in [-0.4, -0.2) is 22.0 Å². The summed E-state index contributed by atoms with van der Waals surface area (Å²) in [6.45, 7) is 0. The Kier molecular flexibility index (Phi) is 3.55. The van der Waals surface area contributed by atoms with Crippen LogP contribution >= 0.6 is 11.8 Å². The van der Waals surface area contributed by atoms with Gasteiger partial charge in [0, 0.05) is 18.2 Å². The number of aromatic nitrogens is 2. The van der Waals surface area contributed by atoms with Gasteiger partial charge >= 0.3 is 0 Å². The Morgan fingerprint density at radius 3 is 2.79 bits per heavy atom. The van der Waals surface area contributed by atoms with Crippen molar-refractivity contribution >= 4 is 28.7 Å². The van der Waals surface area contributed by atoms with E-state index in [1.54, 1.807) is 6.20 Å². The molecule has 4 nitrogen and oxygen atoms in total. The second-order valence-electron chi connectivity index (χ2n) is 5.67. The fraction of sp³-hybridized carbons (Fsp3) is 0.158. The summed E-state index contributed by atoms with van der Waals surface area (Å²) >= 11 is 1.46. The molecule has 0 aliphatic heterocycles. The monoisotopic (exact) mass is 331 g/mol. The number of rotatable bonds is 2. The second kappa shape index (κ2) is 5.73. The van der Waals surface area contributed by atoms with Crippen LogP contribution < -0.4 is 0 Å². The molecule has 2 aromatic rings. The molecule has 0 radical (unpaired) electrons. The maximum atomic E-state index is 12.2. The summed E-state index contributed by atoms with van der Waals surface area (Å²) in [5, 5.41) is 9.73. The van der Waals surface area contributed by atoms with Crippen molar-refractivity contribution in [2.45, 2.75) is 18.0 Å². The third-order valence-electron chi connectivity index (χ3n) is 4.34. The van der Waals surface area contributed by atoms with Gasteiger partial charge < -0.3 is 0 Å². The second-order valence-corrected chi connectivity index (χ2v) is 6.44. The molecule has 1 aromatic heterocycles. The molecule has 0 unspecified atom stereocenters. The average molecular weight is 331 g/mol. The van der Waals surface area contributed by atoms with Gasteiger partial charge in [-0.05, 0) is 41.5 Å². The van der Waals surface area contributed by atoms with E-state index >= 15 is 0 Å². The molecule has 0 bridgehead atoms. The Labute approximate surface area is 143 Å². The van der Waals surface area contributed by atoms with Gasteiger partial charge in [0.05, 0.1) is 22.9 Å². The van der Waals surface area contributed by atoms with Crippen LogP contribution in [0.3, 0.4) is 0 Å². The average Bonchev–Trinajstić information content (AvgIpc) is 3.04. The molecule has 116 valence electrons. The summed E-state index contributed by atoms with van der Waals surface area (Å²) in [7, 11) is 0. The third-order valence-corrected chi connectivity index (χ3v) is 4.90. The number of allylic oxidation sites excluding steroid dienone is 4. The predicted octanol–water partition coefficient (Wildman–Crippen LogP) is 3.68. The largest absolute Gasteiger partial charge is 0.294 e. The fourth-order valence-electron chi connectivity index (χ4n) is 3.18. The van der Waals surface area contributed by atoms with Crippen LogP contribution in [0.4, 0.5) is 0 Å². The van der Waals surface area contributed by atoms with Crippen LogP contribution in [-0.2, 0) is 6.42 Å². The number of nitrogens with zero attached hydrogens (tertiary/aromatic N) is 3. The minimum atomic E-state index is 0.0556. The van der Waals surface area contributed by atoms with Crippen LogP contribution in [0.2, 0.25) is 0 Å². The minimum absolute atomic E-state index is 0.0556. The number of benzene rings is 1. The Hall–Kier alpha value is -2.71. The van der Waals surface area contributed by atoms with Crippen molar-refractivity contribution in [2.24, 2.45) is 0 Å². The van der Waals surface area contributed by atoms with E-state index in [-0.39, 0.29) is 5.78 Å². The number of thioether (sulfide) groups is 1. The van der Waals surface area contributed by atoms with E-state index in [0.29, 0.717) is 28.4 Å². The molecule has 4 rings (SSSR count). The zero-order valence-electron chi connectivity index (χ0n) is 13.0. The molecule has 0 amide bonds. The van der Waals surface area contributed by atoms with Crippen LogP contribution in [0.25, 0.3) is 11.1 Å². The first-order valence-electron chi connectivity index (χ1n) is 7.60. The number of carbonyl (C=O) groups excluding carboxylic acids is 1. The molecule has 2 aliphatic carbocycles. The molecule has 0 saturated carbocycles. The number of hydrogen-bond acceptors (Lipinski definition) is 5. The zero-order valence-corrected chi connectivity index (χ0v) is 13.9. The highest BCUT2D eigenvalue weighted by molar-refractivity contribution is 7.98. The minimum Gasteiger partial charge on any atom is -0.294 e. The van der Waals surface area contributed by atoms with Crippen LogP contribution in [0.15, 0.2) is 41.7 Å². The van der Waals surface area contributed by atoms with Crippen molar-refractivity contribution in [3.05, 3.63) is 64.5 Å². The maximum absolute atomic E-state index is 12.2. The van der Waals surface area contributed by atoms with Gasteiger partial charge in [0.2, 0.25) is 0 Å². The first-order valence-corrected chi connectivity index (χ1v) is 8.82. The number of fused-ring (bicyclic) bond motifs is 2. The number of carbonyl (C=O) groups is 1. The molecular formula is C19H13N3OS. The smallest absolute Gasteiger partial charge is 0.187 e. The Morgan fingerprint density at radius 1 is 1.17 bits per heavy atom. The molecular weight excluding hydrogens is 318 g/mol. The zero-order chi connectivity index (χ0) is 16.7. The van der Waals surface area contributed by atoms with E-state index in [4.69, 9.17) is 5.26 Å². The summed E-state index contributed by atoms with van der Waals surface area (Å²) in [6, 6.07) is 7.93. The fourth-order valence-corrected chi connectivity index (χ4v) is 3.52. The number of ketones is 1. The van der Waals surface area contributed by atoms with Gasteiger partial charge in [0.1, 0.15) is 0 Å². The van der Waals surface area contributed by atoms with Crippen molar-refractivity contribution in [2.75, 3.05) is 6.26 Å². The molecule has 0 N–H and O–H groups in total. The van der Waals surface area contributed by atoms with Gasteiger partial charge in [-0.2, -0.15) is 5.26 Å². The SMILES string of the molecule is CSc1ncc2c(n1)C(C1=CCc3cc(C#N)ccc31)=CCC2=O. The van der Waals surface area contributed by atoms with Gasteiger partial charge in [0.25, 0.3) is 0 Å². The summed E-state index contributed by atoms with van der Waals surface area (Å²) in [6.07, 6.45) is 8.83. The Balaban J connectivity index is 1.83. The molecule has 1 heterocycles. The van der Waals surface area contributed by atoms with E-state index in [2.05, 4.69) is 22.1 Å². The lowest BCUT2D eigenvalue weighted by Crippen LogP contribution is -2.12. The summed E-state index contributed by atoms with van der Waals surface area (Å²) in [4.78, 5) is 21.0. The molecule has 2 aliphatic rings. The highest BCUT2D eigenvalue weighted by Crippen LogP contribution is 2.40. The molecule has 5 heteroatoms. The van der Waals surface area contributed by atoms with Crippen molar-refractivity contribution in [3.8, 4) is 6.07 Å². The van der Waals surface area contributed by atoms with Gasteiger partial charge in [0.15, 0.2) is 10.9 Å². The quantitative estimate of drug-likeness (QED) is 0.620. The van der Waals surface area contributed by atoms with E-state index in [0.717, 1.165) is 28.7 Å². The van der Waals surface area contributed by atoms with Gasteiger partial charge in [-0.15, -0.1) is 0 Å². The van der Waals surface area contributed by atoms with E-state index < -0.39 is 0 Å². The molecule has 0 fully saturated rings. The Bertz CT molecular complexity index is 983. The van der Waals surface area contributed by atoms with Crippen molar-refractivity contribution in [1.29, 1.82) is 5.26 Å².